The van der Waals surface area contributed by atoms with Gasteiger partial charge in [-0.3, -0.25) is 9.69 Å². The average molecular weight is 461 g/mol. The first-order valence-electron chi connectivity index (χ1n) is 10.3. The molecule has 0 unspecified atom stereocenters. The highest BCUT2D eigenvalue weighted by Crippen LogP contribution is 2.23. The number of carboxylic acid groups (broad SMARTS) is 2. The van der Waals surface area contributed by atoms with Crippen molar-refractivity contribution in [3.63, 3.8) is 0 Å². The summed E-state index contributed by atoms with van der Waals surface area (Å²) in [7, 11) is 1.61. The maximum atomic E-state index is 12.6. The van der Waals surface area contributed by atoms with Crippen LogP contribution in [0.15, 0.2) is 24.3 Å². The van der Waals surface area contributed by atoms with Crippen LogP contribution >= 0.6 is 0 Å². The molecule has 0 saturated carbocycles. The zero-order valence-corrected chi connectivity index (χ0v) is 18.3. The second kappa shape index (κ2) is 12.3. The molecular formula is C21H27N5O7. The predicted octanol–water partition coefficient (Wildman–Crippen LogP) is 0.197. The molecule has 3 rings (SSSR count). The highest BCUT2D eigenvalue weighted by molar-refractivity contribution is 6.27. The van der Waals surface area contributed by atoms with Gasteiger partial charge in [-0.15, -0.1) is 0 Å². The first kappa shape index (κ1) is 25.4. The predicted molar refractivity (Wildman–Crippen MR) is 116 cm³/mol. The summed E-state index contributed by atoms with van der Waals surface area (Å²) in [6.45, 7) is 3.23. The molecule has 3 N–H and O–H groups in total. The number of hydrogen-bond acceptors (Lipinski definition) is 7. The third-order valence-electron chi connectivity index (χ3n) is 5.22. The third kappa shape index (κ3) is 7.08. The maximum Gasteiger partial charge on any atom is 0.414 e. The van der Waals surface area contributed by atoms with E-state index in [4.69, 9.17) is 29.8 Å². The van der Waals surface area contributed by atoms with Crippen molar-refractivity contribution < 1.29 is 34.1 Å². The fraction of sp³-hybridized carbons (Fsp3) is 0.476. The Labute approximate surface area is 190 Å². The second-order valence-corrected chi connectivity index (χ2v) is 7.28. The Kier molecular flexibility index (Phi) is 9.44. The van der Waals surface area contributed by atoms with Gasteiger partial charge in [0.05, 0.1) is 19.7 Å². The van der Waals surface area contributed by atoms with Gasteiger partial charge in [-0.1, -0.05) is 0 Å². The zero-order valence-electron chi connectivity index (χ0n) is 18.3. The van der Waals surface area contributed by atoms with E-state index < -0.39 is 11.9 Å². The molecular weight excluding hydrogens is 434 g/mol. The van der Waals surface area contributed by atoms with Crippen LogP contribution in [0.2, 0.25) is 0 Å². The Morgan fingerprint density at radius 3 is 2.39 bits per heavy atom. The van der Waals surface area contributed by atoms with E-state index in [1.807, 2.05) is 24.3 Å². The molecule has 3 amide bonds. The third-order valence-corrected chi connectivity index (χ3v) is 5.22. The van der Waals surface area contributed by atoms with Crippen molar-refractivity contribution in [2.24, 2.45) is 0 Å². The Bertz CT molecular complexity index is 887. The van der Waals surface area contributed by atoms with Crippen LogP contribution in [0.1, 0.15) is 12.8 Å². The number of methoxy groups -OCH3 is 1. The number of benzene rings is 1. The van der Waals surface area contributed by atoms with Crippen LogP contribution in [0.3, 0.4) is 0 Å². The highest BCUT2D eigenvalue weighted by Gasteiger charge is 2.30. The Hall–Kier alpha value is -3.85. The van der Waals surface area contributed by atoms with E-state index in [9.17, 15) is 9.59 Å². The lowest BCUT2D eigenvalue weighted by Crippen LogP contribution is -2.43. The van der Waals surface area contributed by atoms with Gasteiger partial charge in [0.25, 0.3) is 0 Å². The Balaban J connectivity index is 0.000000569. The number of aliphatic carboxylic acids is 2. The largest absolute Gasteiger partial charge is 0.497 e. The first-order valence-corrected chi connectivity index (χ1v) is 10.3. The number of urea groups is 1. The molecule has 12 nitrogen and oxygen atoms in total. The summed E-state index contributed by atoms with van der Waals surface area (Å²) in [5.74, 6) is -2.94. The van der Waals surface area contributed by atoms with Gasteiger partial charge in [0.15, 0.2) is 0 Å². The average Bonchev–Trinajstić information content (AvgIpc) is 3.43. The molecule has 2 heterocycles. The number of ether oxygens (including phenoxy) is 1. The fourth-order valence-electron chi connectivity index (χ4n) is 3.50. The van der Waals surface area contributed by atoms with Gasteiger partial charge >= 0.3 is 18.0 Å². The van der Waals surface area contributed by atoms with Crippen LogP contribution in [0.5, 0.6) is 5.75 Å². The van der Waals surface area contributed by atoms with Gasteiger partial charge in [-0.2, -0.15) is 5.26 Å². The van der Waals surface area contributed by atoms with Crippen molar-refractivity contribution in [2.45, 2.75) is 18.9 Å². The summed E-state index contributed by atoms with van der Waals surface area (Å²) >= 11 is 0. The van der Waals surface area contributed by atoms with E-state index >= 15 is 0 Å². The molecule has 0 aliphatic carbocycles. The molecule has 0 spiro atoms. The summed E-state index contributed by atoms with van der Waals surface area (Å²) in [6, 6.07) is 9.28. The van der Waals surface area contributed by atoms with Crippen LogP contribution in [-0.4, -0.2) is 96.3 Å². The number of amides is 3. The van der Waals surface area contributed by atoms with Crippen LogP contribution in [0.25, 0.3) is 0 Å². The molecule has 1 aromatic rings. The molecule has 2 aliphatic rings. The summed E-state index contributed by atoms with van der Waals surface area (Å²) in [5, 5.41) is 26.9. The standard InChI is InChI=1S/C19H25N5O3.C2H2O4/c1-27-17-6-4-15(5-7-17)24-12-11-22(19(24)26)10-8-21-14-18(25)23-9-2-3-16(23)13-20;3-1(4)2(5)6/h4-7,16,21H,2-3,8-12,14H2,1H3;(H,3,4)(H,5,6)/t16-;/m1./s1. The minimum Gasteiger partial charge on any atom is -0.497 e. The SMILES string of the molecule is COc1ccc(N2CCN(CCNCC(=O)N3CCC[C@@H]3C#N)C2=O)cc1.O=C(O)C(=O)O. The second-order valence-electron chi connectivity index (χ2n) is 7.28. The first-order chi connectivity index (χ1) is 15.8. The molecule has 2 saturated heterocycles. The quantitative estimate of drug-likeness (QED) is 0.380. The topological polar surface area (TPSA) is 164 Å². The van der Waals surface area contributed by atoms with E-state index in [0.717, 1.165) is 24.3 Å². The molecule has 0 bridgehead atoms. The van der Waals surface area contributed by atoms with Crippen LogP contribution in [-0.2, 0) is 14.4 Å². The summed E-state index contributed by atoms with van der Waals surface area (Å²) in [4.78, 5) is 48.1. The monoisotopic (exact) mass is 461 g/mol. The van der Waals surface area contributed by atoms with Crippen LogP contribution < -0.4 is 15.0 Å². The summed E-state index contributed by atoms with van der Waals surface area (Å²) < 4.78 is 5.14. The molecule has 1 aromatic carbocycles. The molecule has 178 valence electrons. The van der Waals surface area contributed by atoms with Gasteiger partial charge in [0.2, 0.25) is 5.91 Å². The van der Waals surface area contributed by atoms with Crippen molar-refractivity contribution in [1.82, 2.24) is 15.1 Å². The van der Waals surface area contributed by atoms with Crippen molar-refractivity contribution >= 4 is 29.6 Å². The minimum absolute atomic E-state index is 0.0302. The van der Waals surface area contributed by atoms with Crippen molar-refractivity contribution in [3.8, 4) is 11.8 Å². The number of nitrogens with zero attached hydrogens (tertiary/aromatic N) is 4. The Morgan fingerprint density at radius 1 is 1.15 bits per heavy atom. The van der Waals surface area contributed by atoms with Gasteiger partial charge in [0, 0.05) is 38.4 Å². The van der Waals surface area contributed by atoms with Crippen molar-refractivity contribution in [3.05, 3.63) is 24.3 Å². The molecule has 33 heavy (non-hydrogen) atoms. The Morgan fingerprint density at radius 2 is 1.82 bits per heavy atom. The number of carboxylic acids is 2. The number of rotatable bonds is 7. The molecule has 0 aromatic heterocycles. The number of carbonyl (C=O) groups excluding carboxylic acids is 2. The van der Waals surface area contributed by atoms with Gasteiger partial charge in [-0.05, 0) is 37.1 Å². The fourth-order valence-corrected chi connectivity index (χ4v) is 3.50. The van der Waals surface area contributed by atoms with E-state index in [-0.39, 0.29) is 24.5 Å². The number of likely N-dealkylation sites (tertiary alicyclic amines) is 1. The van der Waals surface area contributed by atoms with E-state index in [0.29, 0.717) is 32.7 Å². The van der Waals surface area contributed by atoms with Crippen LogP contribution in [0.4, 0.5) is 10.5 Å². The molecule has 12 heteroatoms. The normalized spacial score (nSPS) is 17.3. The minimum atomic E-state index is -1.82. The zero-order chi connectivity index (χ0) is 24.4. The highest BCUT2D eigenvalue weighted by atomic mass is 16.5. The molecule has 1 atom stereocenters. The van der Waals surface area contributed by atoms with Crippen molar-refractivity contribution in [2.75, 3.05) is 51.3 Å². The molecule has 2 aliphatic heterocycles. The van der Waals surface area contributed by atoms with Crippen molar-refractivity contribution in [1.29, 1.82) is 5.26 Å². The maximum absolute atomic E-state index is 12.6. The molecule has 2 fully saturated rings. The van der Waals surface area contributed by atoms with Gasteiger partial charge in [0.1, 0.15) is 11.8 Å². The van der Waals surface area contributed by atoms with Gasteiger partial charge in [-0.25, -0.2) is 14.4 Å². The lowest BCUT2D eigenvalue weighted by molar-refractivity contribution is -0.159. The number of nitriles is 1. The van der Waals surface area contributed by atoms with E-state index in [1.165, 1.54) is 0 Å². The summed E-state index contributed by atoms with van der Waals surface area (Å²) in [6.07, 6.45) is 1.64. The number of nitrogens with one attached hydrogen (secondary N) is 1. The van der Waals surface area contributed by atoms with E-state index in [1.54, 1.807) is 21.8 Å². The number of anilines is 1. The number of hydrogen-bond donors (Lipinski definition) is 3. The number of carbonyl (C=O) groups is 4. The van der Waals surface area contributed by atoms with Gasteiger partial charge < -0.3 is 30.1 Å². The smallest absolute Gasteiger partial charge is 0.414 e. The van der Waals surface area contributed by atoms with E-state index in [2.05, 4.69) is 11.4 Å². The lowest BCUT2D eigenvalue weighted by atomic mass is 10.2. The molecule has 0 radical (unpaired) electrons. The lowest BCUT2D eigenvalue weighted by Gasteiger charge is -2.21. The van der Waals surface area contributed by atoms with Crippen LogP contribution in [0, 0.1) is 11.3 Å². The summed E-state index contributed by atoms with van der Waals surface area (Å²) in [5.41, 5.74) is 0.850.